The average Bonchev–Trinajstić information content (AvgIpc) is 2.26. The average molecular weight is 306 g/mol. The molecular weight excluding hydrogens is 285 g/mol. The van der Waals surface area contributed by atoms with Crippen molar-refractivity contribution in [2.24, 2.45) is 5.92 Å². The molecule has 1 N–H and O–H groups in total. The topological polar surface area (TPSA) is 12.0 Å². The van der Waals surface area contributed by atoms with Crippen LogP contribution in [0.2, 0.25) is 10.0 Å². The fourth-order valence-corrected chi connectivity index (χ4v) is 2.88. The van der Waals surface area contributed by atoms with Crippen LogP contribution in [0.25, 0.3) is 0 Å². The first-order valence-corrected chi connectivity index (χ1v) is 7.85. The molecule has 0 saturated carbocycles. The van der Waals surface area contributed by atoms with Crippen LogP contribution in [0.5, 0.6) is 0 Å². The van der Waals surface area contributed by atoms with Gasteiger partial charge in [0.1, 0.15) is 0 Å². The second-order valence-electron chi connectivity index (χ2n) is 5.62. The van der Waals surface area contributed by atoms with E-state index in [1.165, 1.54) is 0 Å². The molecule has 1 unspecified atom stereocenters. The summed E-state index contributed by atoms with van der Waals surface area (Å²) in [6.45, 7) is 9.79. The number of hydrogen-bond donors (Lipinski definition) is 1. The Hall–Kier alpha value is 0.110. The Morgan fingerprint density at radius 2 is 1.94 bits per heavy atom. The van der Waals surface area contributed by atoms with E-state index in [1.807, 2.05) is 18.2 Å². The van der Waals surface area contributed by atoms with Crippen LogP contribution in [0.3, 0.4) is 0 Å². The van der Waals surface area contributed by atoms with Crippen LogP contribution >= 0.6 is 35.0 Å². The van der Waals surface area contributed by atoms with Crippen molar-refractivity contribution in [2.45, 2.75) is 38.1 Å². The maximum atomic E-state index is 6.13. The standard InChI is InChI=1S/C14H21Cl2NS/c1-10(8-17-14(2,3)4)9-18-13-7-11(15)5-6-12(13)16/h5-7,10,17H,8-9H2,1-4H3. The lowest BCUT2D eigenvalue weighted by Crippen LogP contribution is -2.39. The summed E-state index contributed by atoms with van der Waals surface area (Å²) in [5.74, 6) is 1.62. The van der Waals surface area contributed by atoms with E-state index >= 15 is 0 Å². The van der Waals surface area contributed by atoms with Gasteiger partial charge < -0.3 is 5.32 Å². The van der Waals surface area contributed by atoms with Crippen LogP contribution in [-0.2, 0) is 0 Å². The van der Waals surface area contributed by atoms with Gasteiger partial charge in [-0.2, -0.15) is 0 Å². The number of hydrogen-bond acceptors (Lipinski definition) is 2. The largest absolute Gasteiger partial charge is 0.312 e. The summed E-state index contributed by atoms with van der Waals surface area (Å²) in [4.78, 5) is 1.06. The Kier molecular flexibility index (Phi) is 6.32. The van der Waals surface area contributed by atoms with E-state index in [9.17, 15) is 0 Å². The summed E-state index contributed by atoms with van der Waals surface area (Å²) in [6.07, 6.45) is 0. The van der Waals surface area contributed by atoms with Crippen molar-refractivity contribution in [3.63, 3.8) is 0 Å². The van der Waals surface area contributed by atoms with Crippen LogP contribution in [0, 0.1) is 5.92 Å². The molecule has 18 heavy (non-hydrogen) atoms. The number of thioether (sulfide) groups is 1. The number of benzene rings is 1. The minimum absolute atomic E-state index is 0.173. The minimum Gasteiger partial charge on any atom is -0.312 e. The van der Waals surface area contributed by atoms with Gasteiger partial charge in [0.15, 0.2) is 0 Å². The number of rotatable bonds is 5. The first kappa shape index (κ1) is 16.2. The van der Waals surface area contributed by atoms with Gasteiger partial charge in [0.2, 0.25) is 0 Å². The zero-order chi connectivity index (χ0) is 13.8. The fourth-order valence-electron chi connectivity index (χ4n) is 1.36. The van der Waals surface area contributed by atoms with Crippen molar-refractivity contribution in [3.8, 4) is 0 Å². The third-order valence-corrected chi connectivity index (χ3v) is 4.46. The van der Waals surface area contributed by atoms with E-state index in [1.54, 1.807) is 11.8 Å². The summed E-state index contributed by atoms with van der Waals surface area (Å²) in [5.41, 5.74) is 0.173. The second kappa shape index (κ2) is 7.04. The van der Waals surface area contributed by atoms with Crippen molar-refractivity contribution in [1.82, 2.24) is 5.32 Å². The summed E-state index contributed by atoms with van der Waals surface area (Å²) in [5, 5.41) is 5.03. The van der Waals surface area contributed by atoms with E-state index in [2.05, 4.69) is 33.0 Å². The van der Waals surface area contributed by atoms with Gasteiger partial charge in [0, 0.05) is 21.2 Å². The molecular formula is C14H21Cl2NS. The Labute approximate surface area is 125 Å². The molecule has 1 rings (SSSR count). The van der Waals surface area contributed by atoms with Crippen LogP contribution < -0.4 is 5.32 Å². The van der Waals surface area contributed by atoms with Crippen molar-refractivity contribution in [2.75, 3.05) is 12.3 Å². The molecule has 4 heteroatoms. The van der Waals surface area contributed by atoms with Crippen molar-refractivity contribution < 1.29 is 0 Å². The molecule has 0 saturated heterocycles. The minimum atomic E-state index is 0.173. The normalized spacial score (nSPS) is 13.7. The van der Waals surface area contributed by atoms with E-state index in [4.69, 9.17) is 23.2 Å². The van der Waals surface area contributed by atoms with Crippen molar-refractivity contribution in [1.29, 1.82) is 0 Å². The van der Waals surface area contributed by atoms with Crippen LogP contribution in [0.1, 0.15) is 27.7 Å². The van der Waals surface area contributed by atoms with E-state index in [0.717, 1.165) is 27.2 Å². The third kappa shape index (κ3) is 6.33. The monoisotopic (exact) mass is 305 g/mol. The van der Waals surface area contributed by atoms with Gasteiger partial charge in [-0.1, -0.05) is 30.1 Å². The molecule has 0 fully saturated rings. The Morgan fingerprint density at radius 1 is 1.28 bits per heavy atom. The zero-order valence-electron chi connectivity index (χ0n) is 11.4. The molecule has 102 valence electrons. The summed E-state index contributed by atoms with van der Waals surface area (Å²) in [6, 6.07) is 5.60. The highest BCUT2D eigenvalue weighted by Crippen LogP contribution is 2.30. The van der Waals surface area contributed by atoms with Crippen molar-refractivity contribution >= 4 is 35.0 Å². The lowest BCUT2D eigenvalue weighted by atomic mass is 10.1. The first-order chi connectivity index (χ1) is 8.28. The van der Waals surface area contributed by atoms with Crippen LogP contribution in [0.4, 0.5) is 0 Å². The van der Waals surface area contributed by atoms with Crippen LogP contribution in [0.15, 0.2) is 23.1 Å². The highest BCUT2D eigenvalue weighted by atomic mass is 35.5. The van der Waals surface area contributed by atoms with Gasteiger partial charge in [-0.25, -0.2) is 0 Å². The molecule has 1 aromatic carbocycles. The third-order valence-electron chi connectivity index (χ3n) is 2.40. The molecule has 0 aliphatic carbocycles. The van der Waals surface area contributed by atoms with Gasteiger partial charge in [-0.3, -0.25) is 0 Å². The Balaban J connectivity index is 2.42. The molecule has 0 aliphatic heterocycles. The molecule has 0 bridgehead atoms. The molecule has 0 heterocycles. The fraction of sp³-hybridized carbons (Fsp3) is 0.571. The molecule has 0 spiro atoms. The predicted octanol–water partition coefficient (Wildman–Crippen LogP) is 5.11. The van der Waals surface area contributed by atoms with Gasteiger partial charge >= 0.3 is 0 Å². The molecule has 1 atom stereocenters. The molecule has 0 amide bonds. The van der Waals surface area contributed by atoms with Gasteiger partial charge in [-0.05, 0) is 51.4 Å². The first-order valence-electron chi connectivity index (χ1n) is 6.11. The smallest absolute Gasteiger partial charge is 0.0542 e. The number of halogens is 2. The van der Waals surface area contributed by atoms with Gasteiger partial charge in [0.25, 0.3) is 0 Å². The highest BCUT2D eigenvalue weighted by molar-refractivity contribution is 7.99. The quantitative estimate of drug-likeness (QED) is 0.759. The summed E-state index contributed by atoms with van der Waals surface area (Å²) in [7, 11) is 0. The lowest BCUT2D eigenvalue weighted by molar-refractivity contribution is 0.395. The molecule has 1 aromatic rings. The molecule has 0 aliphatic rings. The summed E-state index contributed by atoms with van der Waals surface area (Å²) >= 11 is 13.9. The van der Waals surface area contributed by atoms with E-state index in [-0.39, 0.29) is 5.54 Å². The zero-order valence-corrected chi connectivity index (χ0v) is 13.7. The number of nitrogens with one attached hydrogen (secondary N) is 1. The lowest BCUT2D eigenvalue weighted by Gasteiger charge is -2.23. The summed E-state index contributed by atoms with van der Waals surface area (Å²) < 4.78 is 0. The second-order valence-corrected chi connectivity index (χ2v) is 7.53. The predicted molar refractivity (Wildman–Crippen MR) is 84.1 cm³/mol. The highest BCUT2D eigenvalue weighted by Gasteiger charge is 2.12. The van der Waals surface area contributed by atoms with E-state index in [0.29, 0.717) is 5.92 Å². The van der Waals surface area contributed by atoms with E-state index < -0.39 is 0 Å². The Morgan fingerprint density at radius 3 is 2.56 bits per heavy atom. The maximum Gasteiger partial charge on any atom is 0.0542 e. The maximum absolute atomic E-state index is 6.13. The van der Waals surface area contributed by atoms with Gasteiger partial charge in [-0.15, -0.1) is 11.8 Å². The molecule has 0 aromatic heterocycles. The molecule has 0 radical (unpaired) electrons. The van der Waals surface area contributed by atoms with Crippen LogP contribution in [-0.4, -0.2) is 17.8 Å². The molecule has 1 nitrogen and oxygen atoms in total. The SMILES string of the molecule is CC(CNC(C)(C)C)CSc1cc(Cl)ccc1Cl. The van der Waals surface area contributed by atoms with Gasteiger partial charge in [0.05, 0.1) is 5.02 Å². The Bertz CT molecular complexity index is 388. The van der Waals surface area contributed by atoms with Crippen molar-refractivity contribution in [3.05, 3.63) is 28.2 Å².